The van der Waals surface area contributed by atoms with Crippen molar-refractivity contribution >= 4 is 5.91 Å². The van der Waals surface area contributed by atoms with Gasteiger partial charge in [-0.05, 0) is 31.5 Å². The molecule has 0 spiro atoms. The van der Waals surface area contributed by atoms with Gasteiger partial charge in [-0.25, -0.2) is 0 Å². The Morgan fingerprint density at radius 3 is 2.95 bits per heavy atom. The molecular weight excluding hydrogens is 240 g/mol. The topological polar surface area (TPSA) is 61.1 Å². The van der Waals surface area contributed by atoms with Crippen molar-refractivity contribution < 1.29 is 4.79 Å². The molecule has 0 radical (unpaired) electrons. The molecule has 102 valence electrons. The second-order valence-corrected chi connectivity index (χ2v) is 5.15. The molecule has 1 aliphatic rings. The molecule has 1 saturated heterocycles. The molecule has 1 aromatic rings. The van der Waals surface area contributed by atoms with E-state index in [1.165, 1.54) is 5.56 Å². The number of nitrogens with one attached hydrogen (secondary N) is 1. The highest BCUT2D eigenvalue weighted by Gasteiger charge is 2.28. The standard InChI is InChI=1S/C14H20N4O/c1-10-12(6-13(7-15)17(10)3)9-18-5-4-11(8-18)14(19)16-2/h6,11H,4-5,8-9H2,1-3H3,(H,16,19)/t11-/m0/s1. The summed E-state index contributed by atoms with van der Waals surface area (Å²) in [6.45, 7) is 4.58. The maximum absolute atomic E-state index is 11.6. The van der Waals surface area contributed by atoms with Crippen LogP contribution in [0.5, 0.6) is 0 Å². The summed E-state index contributed by atoms with van der Waals surface area (Å²) in [5.74, 6) is 0.231. The van der Waals surface area contributed by atoms with Crippen LogP contribution in [0, 0.1) is 24.2 Å². The summed E-state index contributed by atoms with van der Waals surface area (Å²) in [6, 6.07) is 4.14. The van der Waals surface area contributed by atoms with Gasteiger partial charge < -0.3 is 9.88 Å². The van der Waals surface area contributed by atoms with Gasteiger partial charge in [0.25, 0.3) is 0 Å². The summed E-state index contributed by atoms with van der Waals surface area (Å²) in [4.78, 5) is 13.9. The van der Waals surface area contributed by atoms with Crippen LogP contribution in [0.25, 0.3) is 0 Å². The maximum atomic E-state index is 11.6. The second-order valence-electron chi connectivity index (χ2n) is 5.15. The molecule has 0 aromatic carbocycles. The smallest absolute Gasteiger partial charge is 0.224 e. The molecule has 0 bridgehead atoms. The van der Waals surface area contributed by atoms with Gasteiger partial charge in [-0.2, -0.15) is 5.26 Å². The summed E-state index contributed by atoms with van der Waals surface area (Å²) in [5, 5.41) is 11.7. The summed E-state index contributed by atoms with van der Waals surface area (Å²) < 4.78 is 1.92. The quantitative estimate of drug-likeness (QED) is 0.873. The first kappa shape index (κ1) is 13.6. The largest absolute Gasteiger partial charge is 0.359 e. The van der Waals surface area contributed by atoms with Crippen molar-refractivity contribution in [2.75, 3.05) is 20.1 Å². The lowest BCUT2D eigenvalue weighted by atomic mass is 10.1. The van der Waals surface area contributed by atoms with Gasteiger partial charge in [0.05, 0.1) is 5.92 Å². The molecule has 5 heteroatoms. The predicted molar refractivity (Wildman–Crippen MR) is 72.3 cm³/mol. The normalized spacial score (nSPS) is 19.4. The summed E-state index contributed by atoms with van der Waals surface area (Å²) in [5.41, 5.74) is 2.99. The fourth-order valence-corrected chi connectivity index (χ4v) is 2.67. The van der Waals surface area contributed by atoms with Crippen molar-refractivity contribution in [2.45, 2.75) is 19.9 Å². The van der Waals surface area contributed by atoms with Crippen LogP contribution in [0.4, 0.5) is 0 Å². The van der Waals surface area contributed by atoms with Crippen LogP contribution in [0.1, 0.15) is 23.4 Å². The van der Waals surface area contributed by atoms with Gasteiger partial charge >= 0.3 is 0 Å². The first-order valence-corrected chi connectivity index (χ1v) is 6.56. The van der Waals surface area contributed by atoms with Crippen molar-refractivity contribution in [3.63, 3.8) is 0 Å². The minimum atomic E-state index is 0.101. The second kappa shape index (κ2) is 5.45. The number of nitrogens with zero attached hydrogens (tertiary/aromatic N) is 3. The Hall–Kier alpha value is -1.80. The predicted octanol–water partition coefficient (Wildman–Crippen LogP) is 0.773. The Labute approximate surface area is 113 Å². The third-order valence-electron chi connectivity index (χ3n) is 4.04. The van der Waals surface area contributed by atoms with Crippen LogP contribution in [0.3, 0.4) is 0 Å². The van der Waals surface area contributed by atoms with Crippen molar-refractivity contribution in [1.82, 2.24) is 14.8 Å². The Kier molecular flexibility index (Phi) is 3.91. The van der Waals surface area contributed by atoms with E-state index in [9.17, 15) is 4.79 Å². The zero-order chi connectivity index (χ0) is 14.0. The molecule has 1 amide bonds. The molecule has 0 unspecified atom stereocenters. The van der Waals surface area contributed by atoms with Crippen molar-refractivity contribution in [3.05, 3.63) is 23.0 Å². The van der Waals surface area contributed by atoms with Crippen LogP contribution >= 0.6 is 0 Å². The lowest BCUT2D eigenvalue weighted by molar-refractivity contribution is -0.124. The van der Waals surface area contributed by atoms with E-state index < -0.39 is 0 Å². The Morgan fingerprint density at radius 2 is 2.37 bits per heavy atom. The molecule has 0 aliphatic carbocycles. The van der Waals surface area contributed by atoms with Gasteiger partial charge in [0.2, 0.25) is 5.91 Å². The highest BCUT2D eigenvalue weighted by Crippen LogP contribution is 2.21. The number of hydrogen-bond donors (Lipinski definition) is 1. The highest BCUT2D eigenvalue weighted by molar-refractivity contribution is 5.78. The average molecular weight is 260 g/mol. The van der Waals surface area contributed by atoms with E-state index in [2.05, 4.69) is 16.3 Å². The van der Waals surface area contributed by atoms with E-state index in [0.29, 0.717) is 5.69 Å². The third-order valence-corrected chi connectivity index (χ3v) is 4.04. The van der Waals surface area contributed by atoms with E-state index in [1.807, 2.05) is 24.6 Å². The zero-order valence-electron chi connectivity index (χ0n) is 11.7. The van der Waals surface area contributed by atoms with Gasteiger partial charge in [0.15, 0.2) is 0 Å². The summed E-state index contributed by atoms with van der Waals surface area (Å²) in [7, 11) is 3.60. The Morgan fingerprint density at radius 1 is 1.63 bits per heavy atom. The molecular formula is C14H20N4O. The number of nitriles is 1. The number of rotatable bonds is 3. The molecule has 19 heavy (non-hydrogen) atoms. The fraction of sp³-hybridized carbons (Fsp3) is 0.571. The lowest BCUT2D eigenvalue weighted by Gasteiger charge is -2.15. The minimum absolute atomic E-state index is 0.101. The van der Waals surface area contributed by atoms with E-state index >= 15 is 0 Å². The van der Waals surface area contributed by atoms with Crippen LogP contribution < -0.4 is 5.32 Å². The monoisotopic (exact) mass is 260 g/mol. The van der Waals surface area contributed by atoms with Gasteiger partial charge in [-0.15, -0.1) is 0 Å². The molecule has 2 rings (SSSR count). The SMILES string of the molecule is CNC(=O)[C@H]1CCN(Cc2cc(C#N)n(C)c2C)C1. The van der Waals surface area contributed by atoms with Crippen molar-refractivity contribution in [1.29, 1.82) is 5.26 Å². The Balaban J connectivity index is 2.04. The lowest BCUT2D eigenvalue weighted by Crippen LogP contribution is -2.30. The molecule has 0 saturated carbocycles. The van der Waals surface area contributed by atoms with Gasteiger partial charge in [-0.3, -0.25) is 9.69 Å². The van der Waals surface area contributed by atoms with Crippen molar-refractivity contribution in [3.8, 4) is 6.07 Å². The first-order chi connectivity index (χ1) is 9.06. The minimum Gasteiger partial charge on any atom is -0.359 e. The van der Waals surface area contributed by atoms with Crippen LogP contribution in [0.15, 0.2) is 6.07 Å². The van der Waals surface area contributed by atoms with E-state index in [-0.39, 0.29) is 11.8 Å². The van der Waals surface area contributed by atoms with E-state index in [1.54, 1.807) is 7.05 Å². The van der Waals surface area contributed by atoms with Gasteiger partial charge in [-0.1, -0.05) is 0 Å². The number of likely N-dealkylation sites (tertiary alicyclic amines) is 1. The van der Waals surface area contributed by atoms with E-state index in [0.717, 1.165) is 31.7 Å². The van der Waals surface area contributed by atoms with Gasteiger partial charge in [0.1, 0.15) is 11.8 Å². The van der Waals surface area contributed by atoms with Crippen molar-refractivity contribution in [2.24, 2.45) is 13.0 Å². The van der Waals surface area contributed by atoms with Crippen LogP contribution in [0.2, 0.25) is 0 Å². The highest BCUT2D eigenvalue weighted by atomic mass is 16.1. The molecule has 2 heterocycles. The van der Waals surface area contributed by atoms with E-state index in [4.69, 9.17) is 5.26 Å². The molecule has 1 N–H and O–H groups in total. The van der Waals surface area contributed by atoms with Crippen LogP contribution in [-0.2, 0) is 18.4 Å². The third kappa shape index (κ3) is 2.64. The molecule has 5 nitrogen and oxygen atoms in total. The fourth-order valence-electron chi connectivity index (χ4n) is 2.67. The Bertz CT molecular complexity index is 526. The number of carbonyl (C=O) groups excluding carboxylic acids is 1. The maximum Gasteiger partial charge on any atom is 0.224 e. The molecule has 1 fully saturated rings. The molecule has 1 aromatic heterocycles. The molecule has 1 atom stereocenters. The zero-order valence-corrected chi connectivity index (χ0v) is 11.7. The number of amides is 1. The number of hydrogen-bond acceptors (Lipinski definition) is 3. The molecule has 1 aliphatic heterocycles. The summed E-state index contributed by atoms with van der Waals surface area (Å²) in [6.07, 6.45) is 0.913. The van der Waals surface area contributed by atoms with Crippen LogP contribution in [-0.4, -0.2) is 35.5 Å². The average Bonchev–Trinajstić information content (AvgIpc) is 2.98. The number of aromatic nitrogens is 1. The first-order valence-electron chi connectivity index (χ1n) is 6.56. The number of carbonyl (C=O) groups is 1. The summed E-state index contributed by atoms with van der Waals surface area (Å²) >= 11 is 0. The van der Waals surface area contributed by atoms with Gasteiger partial charge in [0, 0.05) is 32.9 Å².